The second-order valence-corrected chi connectivity index (χ2v) is 4.45. The number of rotatable bonds is 3. The lowest BCUT2D eigenvalue weighted by Crippen LogP contribution is -2.46. The third-order valence-electron chi connectivity index (χ3n) is 3.24. The molecule has 17 heavy (non-hydrogen) atoms. The van der Waals surface area contributed by atoms with Crippen molar-refractivity contribution < 1.29 is 14.2 Å². The number of morpholine rings is 1. The van der Waals surface area contributed by atoms with Crippen molar-refractivity contribution in [2.45, 2.75) is 19.5 Å². The summed E-state index contributed by atoms with van der Waals surface area (Å²) in [5.74, 6) is -0.209. The van der Waals surface area contributed by atoms with Crippen LogP contribution >= 0.6 is 0 Å². The quantitative estimate of drug-likeness (QED) is 0.863. The van der Waals surface area contributed by atoms with E-state index in [-0.39, 0.29) is 18.5 Å². The standard InChI is InChI=1S/C13H18FNO2/c1-10-2-3-12(14)6-11(10)7-15-4-5-17-9-13(15)8-16/h2-3,6,13,16H,4-5,7-9H2,1H3. The summed E-state index contributed by atoms with van der Waals surface area (Å²) >= 11 is 0. The number of aryl methyl sites for hydroxylation is 1. The largest absolute Gasteiger partial charge is 0.395 e. The lowest BCUT2D eigenvalue weighted by molar-refractivity contribution is -0.0313. The third-order valence-corrected chi connectivity index (χ3v) is 3.24. The fourth-order valence-corrected chi connectivity index (χ4v) is 2.09. The molecule has 1 aromatic carbocycles. The molecule has 3 nitrogen and oxygen atoms in total. The molecule has 1 fully saturated rings. The van der Waals surface area contributed by atoms with Crippen LogP contribution in [0.25, 0.3) is 0 Å². The first kappa shape index (κ1) is 12.5. The number of nitrogens with zero attached hydrogens (tertiary/aromatic N) is 1. The highest BCUT2D eigenvalue weighted by atomic mass is 19.1. The van der Waals surface area contributed by atoms with Gasteiger partial charge in [0.1, 0.15) is 5.82 Å². The molecule has 94 valence electrons. The minimum atomic E-state index is -0.209. The average Bonchev–Trinajstić information content (AvgIpc) is 2.34. The first-order chi connectivity index (χ1) is 8.20. The Kier molecular flexibility index (Phi) is 4.10. The molecule has 0 aromatic heterocycles. The van der Waals surface area contributed by atoms with Crippen LogP contribution in [0.15, 0.2) is 18.2 Å². The topological polar surface area (TPSA) is 32.7 Å². The summed E-state index contributed by atoms with van der Waals surface area (Å²) in [4.78, 5) is 2.14. The number of hydrogen-bond donors (Lipinski definition) is 1. The van der Waals surface area contributed by atoms with Crippen LogP contribution in [0, 0.1) is 12.7 Å². The Bertz CT molecular complexity index is 384. The van der Waals surface area contributed by atoms with E-state index in [1.807, 2.05) is 6.92 Å². The first-order valence-electron chi connectivity index (χ1n) is 5.88. The number of benzene rings is 1. The zero-order chi connectivity index (χ0) is 12.3. The zero-order valence-electron chi connectivity index (χ0n) is 10.0. The van der Waals surface area contributed by atoms with Gasteiger partial charge in [-0.2, -0.15) is 0 Å². The molecular formula is C13H18FNO2. The van der Waals surface area contributed by atoms with E-state index in [1.165, 1.54) is 6.07 Å². The van der Waals surface area contributed by atoms with Crippen LogP contribution in [0.2, 0.25) is 0 Å². The smallest absolute Gasteiger partial charge is 0.123 e. The highest BCUT2D eigenvalue weighted by molar-refractivity contribution is 5.26. The van der Waals surface area contributed by atoms with Gasteiger partial charge in [-0.25, -0.2) is 4.39 Å². The van der Waals surface area contributed by atoms with Crippen LogP contribution in [-0.2, 0) is 11.3 Å². The number of ether oxygens (including phenoxy) is 1. The van der Waals surface area contributed by atoms with Crippen LogP contribution in [0.3, 0.4) is 0 Å². The first-order valence-corrected chi connectivity index (χ1v) is 5.88. The minimum Gasteiger partial charge on any atom is -0.395 e. The predicted octanol–water partition coefficient (Wildman–Crippen LogP) is 1.33. The maximum absolute atomic E-state index is 13.2. The molecule has 1 aliphatic heterocycles. The highest BCUT2D eigenvalue weighted by Crippen LogP contribution is 2.16. The van der Waals surface area contributed by atoms with Gasteiger partial charge in [0, 0.05) is 13.1 Å². The number of aliphatic hydroxyl groups is 1. The maximum atomic E-state index is 13.2. The Morgan fingerprint density at radius 3 is 3.12 bits per heavy atom. The molecule has 1 aromatic rings. The number of halogens is 1. The second kappa shape index (κ2) is 5.58. The van der Waals surface area contributed by atoms with E-state index in [9.17, 15) is 9.50 Å². The van der Waals surface area contributed by atoms with Crippen molar-refractivity contribution in [2.24, 2.45) is 0 Å². The molecule has 1 atom stereocenters. The average molecular weight is 239 g/mol. The Balaban J connectivity index is 2.10. The van der Waals surface area contributed by atoms with Crippen molar-refractivity contribution in [3.8, 4) is 0 Å². The highest BCUT2D eigenvalue weighted by Gasteiger charge is 2.22. The van der Waals surface area contributed by atoms with E-state index in [4.69, 9.17) is 4.74 Å². The molecule has 0 aliphatic carbocycles. The molecule has 0 bridgehead atoms. The van der Waals surface area contributed by atoms with Gasteiger partial charge in [0.15, 0.2) is 0 Å². The minimum absolute atomic E-state index is 0.0198. The lowest BCUT2D eigenvalue weighted by Gasteiger charge is -2.34. The fourth-order valence-electron chi connectivity index (χ4n) is 2.09. The molecule has 2 rings (SSSR count). The van der Waals surface area contributed by atoms with Crippen LogP contribution in [0.1, 0.15) is 11.1 Å². The molecule has 0 spiro atoms. The van der Waals surface area contributed by atoms with Crippen LogP contribution < -0.4 is 0 Å². The number of hydrogen-bond acceptors (Lipinski definition) is 3. The summed E-state index contributed by atoms with van der Waals surface area (Å²) in [6, 6.07) is 4.85. The van der Waals surface area contributed by atoms with Gasteiger partial charge in [0.05, 0.1) is 25.9 Å². The van der Waals surface area contributed by atoms with Gasteiger partial charge in [-0.1, -0.05) is 6.07 Å². The van der Waals surface area contributed by atoms with Gasteiger partial charge in [0.2, 0.25) is 0 Å². The summed E-state index contributed by atoms with van der Waals surface area (Å²) in [5.41, 5.74) is 2.06. The van der Waals surface area contributed by atoms with E-state index in [2.05, 4.69) is 4.90 Å². The summed E-state index contributed by atoms with van der Waals surface area (Å²) in [5, 5.41) is 9.27. The van der Waals surface area contributed by atoms with Crippen LogP contribution in [0.5, 0.6) is 0 Å². The summed E-state index contributed by atoms with van der Waals surface area (Å²) in [7, 11) is 0. The van der Waals surface area contributed by atoms with Gasteiger partial charge in [-0.05, 0) is 30.2 Å². The third kappa shape index (κ3) is 3.03. The fraction of sp³-hybridized carbons (Fsp3) is 0.538. The van der Waals surface area contributed by atoms with Gasteiger partial charge in [0.25, 0.3) is 0 Å². The number of aliphatic hydroxyl groups excluding tert-OH is 1. The predicted molar refractivity (Wildman–Crippen MR) is 63.2 cm³/mol. The van der Waals surface area contributed by atoms with E-state index >= 15 is 0 Å². The molecule has 1 heterocycles. The Labute approximate surface area is 101 Å². The summed E-state index contributed by atoms with van der Waals surface area (Å²) < 4.78 is 18.5. The van der Waals surface area contributed by atoms with Crippen LogP contribution in [0.4, 0.5) is 4.39 Å². The van der Waals surface area contributed by atoms with Gasteiger partial charge >= 0.3 is 0 Å². The van der Waals surface area contributed by atoms with Crippen molar-refractivity contribution >= 4 is 0 Å². The zero-order valence-corrected chi connectivity index (χ0v) is 10.0. The second-order valence-electron chi connectivity index (χ2n) is 4.45. The van der Waals surface area contributed by atoms with Crippen molar-refractivity contribution in [3.63, 3.8) is 0 Å². The molecular weight excluding hydrogens is 221 g/mol. The molecule has 1 aliphatic rings. The van der Waals surface area contributed by atoms with Crippen molar-refractivity contribution in [1.82, 2.24) is 4.90 Å². The normalized spacial score (nSPS) is 21.7. The molecule has 0 saturated carbocycles. The van der Waals surface area contributed by atoms with Crippen molar-refractivity contribution in [3.05, 3.63) is 35.1 Å². The van der Waals surface area contributed by atoms with E-state index in [0.29, 0.717) is 19.8 Å². The molecule has 0 amide bonds. The Morgan fingerprint density at radius 1 is 1.53 bits per heavy atom. The van der Waals surface area contributed by atoms with Crippen molar-refractivity contribution in [1.29, 1.82) is 0 Å². The maximum Gasteiger partial charge on any atom is 0.123 e. The monoisotopic (exact) mass is 239 g/mol. The van der Waals surface area contributed by atoms with E-state index in [0.717, 1.165) is 17.7 Å². The van der Waals surface area contributed by atoms with Gasteiger partial charge in [-0.3, -0.25) is 4.90 Å². The molecule has 0 radical (unpaired) electrons. The van der Waals surface area contributed by atoms with Gasteiger partial charge < -0.3 is 9.84 Å². The van der Waals surface area contributed by atoms with E-state index in [1.54, 1.807) is 12.1 Å². The van der Waals surface area contributed by atoms with Crippen LogP contribution in [-0.4, -0.2) is 42.4 Å². The summed E-state index contributed by atoms with van der Waals surface area (Å²) in [6.07, 6.45) is 0. The van der Waals surface area contributed by atoms with Crippen molar-refractivity contribution in [2.75, 3.05) is 26.4 Å². The van der Waals surface area contributed by atoms with Gasteiger partial charge in [-0.15, -0.1) is 0 Å². The molecule has 4 heteroatoms. The summed E-state index contributed by atoms with van der Waals surface area (Å²) in [6.45, 7) is 4.71. The Morgan fingerprint density at radius 2 is 2.35 bits per heavy atom. The molecule has 1 saturated heterocycles. The SMILES string of the molecule is Cc1ccc(F)cc1CN1CCOCC1CO. The molecule has 1 N–H and O–H groups in total. The molecule has 1 unspecified atom stereocenters. The Hall–Kier alpha value is -0.970. The van der Waals surface area contributed by atoms with E-state index < -0.39 is 0 Å². The lowest BCUT2D eigenvalue weighted by atomic mass is 10.1.